The lowest BCUT2D eigenvalue weighted by Crippen LogP contribution is -2.52. The Hall–Kier alpha value is -1.52. The SMILES string of the molecule is C[C@H](C(=O)NC1CCN(C)CC1)N(c1ccc(Cl)c(C(F)(F)F)c1)S(C)(=O)=O. The number of alkyl halides is 3. The van der Waals surface area contributed by atoms with E-state index < -0.39 is 38.7 Å². The highest BCUT2D eigenvalue weighted by Gasteiger charge is 2.36. The van der Waals surface area contributed by atoms with Crippen LogP contribution in [0.15, 0.2) is 18.2 Å². The van der Waals surface area contributed by atoms with Gasteiger partial charge in [0.1, 0.15) is 6.04 Å². The van der Waals surface area contributed by atoms with Crippen LogP contribution >= 0.6 is 11.6 Å². The molecule has 1 aliphatic heterocycles. The zero-order chi connectivity index (χ0) is 21.3. The summed E-state index contributed by atoms with van der Waals surface area (Å²) in [5.41, 5.74) is -1.44. The van der Waals surface area contributed by atoms with Gasteiger partial charge in [-0.25, -0.2) is 8.42 Å². The second-order valence-corrected chi connectivity index (χ2v) is 9.25. The Morgan fingerprint density at radius 1 is 1.32 bits per heavy atom. The number of benzene rings is 1. The third-order valence-electron chi connectivity index (χ3n) is 4.66. The number of halogens is 4. The molecule has 0 bridgehead atoms. The molecule has 11 heteroatoms. The van der Waals surface area contributed by atoms with E-state index in [1.54, 1.807) is 0 Å². The summed E-state index contributed by atoms with van der Waals surface area (Å²) in [4.78, 5) is 14.7. The Morgan fingerprint density at radius 2 is 1.89 bits per heavy atom. The van der Waals surface area contributed by atoms with Crippen molar-refractivity contribution in [3.63, 3.8) is 0 Å². The van der Waals surface area contributed by atoms with E-state index in [0.29, 0.717) is 23.2 Å². The van der Waals surface area contributed by atoms with Gasteiger partial charge >= 0.3 is 6.18 Å². The third-order valence-corrected chi connectivity index (χ3v) is 6.23. The van der Waals surface area contributed by atoms with Gasteiger partial charge in [0.15, 0.2) is 0 Å². The van der Waals surface area contributed by atoms with Crippen LogP contribution in [0.2, 0.25) is 5.02 Å². The number of hydrogen-bond acceptors (Lipinski definition) is 4. The Labute approximate surface area is 167 Å². The van der Waals surface area contributed by atoms with Crippen LogP contribution in [0.3, 0.4) is 0 Å². The summed E-state index contributed by atoms with van der Waals surface area (Å²) >= 11 is 5.61. The van der Waals surface area contributed by atoms with E-state index in [9.17, 15) is 26.4 Å². The zero-order valence-electron chi connectivity index (χ0n) is 15.8. The van der Waals surface area contributed by atoms with E-state index in [0.717, 1.165) is 31.5 Å². The van der Waals surface area contributed by atoms with Gasteiger partial charge in [-0.1, -0.05) is 11.6 Å². The number of rotatable bonds is 5. The molecule has 158 valence electrons. The first-order chi connectivity index (χ1) is 12.8. The monoisotopic (exact) mass is 441 g/mol. The standard InChI is InChI=1S/C17H23ClF3N3O3S/c1-11(16(25)22-12-6-8-23(2)9-7-12)24(28(3,26)27)13-4-5-15(18)14(10-13)17(19,20)21/h4-5,10-12H,6-9H2,1-3H3,(H,22,25)/t11-/m1/s1. The van der Waals surface area contributed by atoms with Crippen molar-refractivity contribution in [1.82, 2.24) is 10.2 Å². The van der Waals surface area contributed by atoms with Gasteiger partial charge in [0, 0.05) is 6.04 Å². The molecule has 0 aromatic heterocycles. The van der Waals surface area contributed by atoms with Crippen molar-refractivity contribution in [2.24, 2.45) is 0 Å². The van der Waals surface area contributed by atoms with Crippen LogP contribution in [0, 0.1) is 0 Å². The lowest BCUT2D eigenvalue weighted by Gasteiger charge is -2.33. The number of amides is 1. The predicted octanol–water partition coefficient (Wildman–Crippen LogP) is 2.72. The highest BCUT2D eigenvalue weighted by atomic mass is 35.5. The Morgan fingerprint density at radius 3 is 2.39 bits per heavy atom. The fraction of sp³-hybridized carbons (Fsp3) is 0.588. The molecule has 1 aromatic rings. The Bertz CT molecular complexity index is 825. The maximum Gasteiger partial charge on any atom is 0.417 e. The van der Waals surface area contributed by atoms with E-state index in [4.69, 9.17) is 11.6 Å². The van der Waals surface area contributed by atoms with Crippen molar-refractivity contribution in [1.29, 1.82) is 0 Å². The minimum absolute atomic E-state index is 0.108. The minimum Gasteiger partial charge on any atom is -0.351 e. The second kappa shape index (κ2) is 8.46. The average molecular weight is 442 g/mol. The molecule has 1 N–H and O–H groups in total. The quantitative estimate of drug-likeness (QED) is 0.762. The largest absolute Gasteiger partial charge is 0.417 e. The number of nitrogens with zero attached hydrogens (tertiary/aromatic N) is 2. The van der Waals surface area contributed by atoms with Crippen molar-refractivity contribution in [3.05, 3.63) is 28.8 Å². The Kier molecular flexibility index (Phi) is 6.88. The molecule has 0 saturated carbocycles. The van der Waals surface area contributed by atoms with Crippen LogP contribution in [0.5, 0.6) is 0 Å². The van der Waals surface area contributed by atoms with Gasteiger partial charge in [0.2, 0.25) is 15.9 Å². The lowest BCUT2D eigenvalue weighted by molar-refractivity contribution is -0.137. The molecular weight excluding hydrogens is 419 g/mol. The topological polar surface area (TPSA) is 69.7 Å². The van der Waals surface area contributed by atoms with Crippen molar-refractivity contribution in [2.45, 2.75) is 38.0 Å². The second-order valence-electron chi connectivity index (χ2n) is 6.98. The number of carbonyl (C=O) groups is 1. The minimum atomic E-state index is -4.75. The molecule has 0 spiro atoms. The molecule has 0 radical (unpaired) electrons. The zero-order valence-corrected chi connectivity index (χ0v) is 17.3. The van der Waals surface area contributed by atoms with Crippen molar-refractivity contribution in [3.8, 4) is 0 Å². The fourth-order valence-corrected chi connectivity index (χ4v) is 4.54. The molecule has 1 atom stereocenters. The molecule has 6 nitrogen and oxygen atoms in total. The van der Waals surface area contributed by atoms with Gasteiger partial charge in [0.25, 0.3) is 0 Å². The summed E-state index contributed by atoms with van der Waals surface area (Å²) in [5.74, 6) is -0.566. The van der Waals surface area contributed by atoms with E-state index in [1.807, 2.05) is 7.05 Å². The summed E-state index contributed by atoms with van der Waals surface area (Å²) in [6.07, 6.45) is -2.48. The first kappa shape index (κ1) is 22.8. The van der Waals surface area contributed by atoms with Crippen LogP contribution in [-0.2, 0) is 21.0 Å². The van der Waals surface area contributed by atoms with Gasteiger partial charge in [-0.3, -0.25) is 9.10 Å². The number of sulfonamides is 1. The number of likely N-dealkylation sites (tertiary alicyclic amines) is 1. The maximum atomic E-state index is 13.2. The normalized spacial score (nSPS) is 18.0. The van der Waals surface area contributed by atoms with Gasteiger partial charge < -0.3 is 10.2 Å². The van der Waals surface area contributed by atoms with E-state index in [2.05, 4.69) is 10.2 Å². The van der Waals surface area contributed by atoms with Crippen molar-refractivity contribution in [2.75, 3.05) is 30.7 Å². The molecule has 28 heavy (non-hydrogen) atoms. The number of piperidine rings is 1. The molecule has 1 heterocycles. The molecule has 2 rings (SSSR count). The third kappa shape index (κ3) is 5.51. The number of anilines is 1. The molecule has 1 amide bonds. The highest BCUT2D eigenvalue weighted by Crippen LogP contribution is 2.37. The van der Waals surface area contributed by atoms with Crippen LogP contribution in [-0.4, -0.2) is 57.7 Å². The first-order valence-corrected chi connectivity index (χ1v) is 10.9. The smallest absolute Gasteiger partial charge is 0.351 e. The molecule has 0 aliphatic carbocycles. The van der Waals surface area contributed by atoms with Gasteiger partial charge in [-0.15, -0.1) is 0 Å². The number of carbonyl (C=O) groups excluding carboxylic acids is 1. The molecular formula is C17H23ClF3N3O3S. The molecule has 0 unspecified atom stereocenters. The summed E-state index contributed by atoms with van der Waals surface area (Å²) < 4.78 is 64.7. The van der Waals surface area contributed by atoms with Gasteiger partial charge in [-0.05, 0) is 58.1 Å². The number of hydrogen-bond donors (Lipinski definition) is 1. The highest BCUT2D eigenvalue weighted by molar-refractivity contribution is 7.92. The van der Waals surface area contributed by atoms with E-state index >= 15 is 0 Å². The molecule has 1 saturated heterocycles. The fourth-order valence-electron chi connectivity index (χ4n) is 3.15. The summed E-state index contributed by atoms with van der Waals surface area (Å²) in [5, 5.41) is 2.25. The van der Waals surface area contributed by atoms with Crippen molar-refractivity contribution >= 4 is 33.2 Å². The lowest BCUT2D eigenvalue weighted by atomic mass is 10.1. The van der Waals surface area contributed by atoms with Crippen LogP contribution < -0.4 is 9.62 Å². The maximum absolute atomic E-state index is 13.2. The molecule has 1 fully saturated rings. The van der Waals surface area contributed by atoms with Gasteiger partial charge in [-0.2, -0.15) is 13.2 Å². The van der Waals surface area contributed by atoms with E-state index in [-0.39, 0.29) is 11.7 Å². The summed E-state index contributed by atoms with van der Waals surface area (Å²) in [6, 6.07) is 1.43. The first-order valence-electron chi connectivity index (χ1n) is 8.65. The molecule has 1 aromatic carbocycles. The van der Waals surface area contributed by atoms with Crippen LogP contribution in [0.1, 0.15) is 25.3 Å². The van der Waals surface area contributed by atoms with Crippen LogP contribution in [0.25, 0.3) is 0 Å². The molecule has 1 aliphatic rings. The van der Waals surface area contributed by atoms with Gasteiger partial charge in [0.05, 0.1) is 22.5 Å². The predicted molar refractivity (Wildman–Crippen MR) is 102 cm³/mol. The van der Waals surface area contributed by atoms with Crippen LogP contribution in [0.4, 0.5) is 18.9 Å². The number of nitrogens with one attached hydrogen (secondary N) is 1. The van der Waals surface area contributed by atoms with E-state index in [1.165, 1.54) is 6.92 Å². The van der Waals surface area contributed by atoms with Crippen molar-refractivity contribution < 1.29 is 26.4 Å². The Balaban J connectivity index is 2.30. The summed E-state index contributed by atoms with van der Waals surface area (Å²) in [6.45, 7) is 2.93. The average Bonchev–Trinajstić information content (AvgIpc) is 2.56. The summed E-state index contributed by atoms with van der Waals surface area (Å²) in [7, 11) is -2.07.